The third kappa shape index (κ3) is 5.35. The molecule has 0 saturated heterocycles. The molecule has 0 unspecified atom stereocenters. The number of halogens is 1. The van der Waals surface area contributed by atoms with Crippen LogP contribution in [0.2, 0.25) is 0 Å². The molecule has 1 aromatic carbocycles. The molecule has 2 N–H and O–H groups in total. The number of hydrogen-bond donors (Lipinski definition) is 1. The van der Waals surface area contributed by atoms with E-state index >= 15 is 0 Å². The summed E-state index contributed by atoms with van der Waals surface area (Å²) < 4.78 is 25.9. The number of nitrogens with zero attached hydrogens (tertiary/aromatic N) is 2. The van der Waals surface area contributed by atoms with Gasteiger partial charge in [0, 0.05) is 24.4 Å². The molecule has 0 aromatic heterocycles. The fourth-order valence-corrected chi connectivity index (χ4v) is 3.73. The molecule has 0 aliphatic rings. The van der Waals surface area contributed by atoms with Gasteiger partial charge in [0.2, 0.25) is 10.0 Å². The molecule has 0 radical (unpaired) electrons. The largest absolute Gasteiger partial charge is 0.399 e. The second kappa shape index (κ2) is 8.87. The molecular weight excluding hydrogens is 334 g/mol. The first-order chi connectivity index (χ1) is 10.2. The van der Waals surface area contributed by atoms with Crippen molar-refractivity contribution in [2.45, 2.75) is 27.7 Å². The Kier molecular flexibility index (Phi) is 8.56. The molecule has 5 nitrogen and oxygen atoms in total. The maximum atomic E-state index is 11.8. The van der Waals surface area contributed by atoms with Gasteiger partial charge in [-0.05, 0) is 32.4 Å². The molecule has 0 aliphatic heterocycles. The molecule has 0 aliphatic carbocycles. The number of quaternary nitrogens is 1. The summed E-state index contributed by atoms with van der Waals surface area (Å²) in [4.78, 5) is 0. The fourth-order valence-electron chi connectivity index (χ4n) is 2.85. The van der Waals surface area contributed by atoms with Crippen LogP contribution in [0.5, 0.6) is 0 Å². The van der Waals surface area contributed by atoms with Crippen LogP contribution in [0.4, 0.5) is 11.4 Å². The summed E-state index contributed by atoms with van der Waals surface area (Å²) in [5.41, 5.74) is 8.98. The summed E-state index contributed by atoms with van der Waals surface area (Å²) in [7, 11) is -3.15. The number of aryl methyl sites for hydroxylation is 1. The van der Waals surface area contributed by atoms with Crippen molar-refractivity contribution in [1.29, 1.82) is 0 Å². The first-order valence-corrected chi connectivity index (χ1v) is 9.73. The van der Waals surface area contributed by atoms with Crippen LogP contribution in [0.3, 0.4) is 0 Å². The zero-order valence-corrected chi connectivity index (χ0v) is 16.5. The number of anilines is 1. The van der Waals surface area contributed by atoms with Crippen LogP contribution in [0.15, 0.2) is 18.2 Å². The van der Waals surface area contributed by atoms with Crippen molar-refractivity contribution in [1.82, 2.24) is 8.79 Å². The van der Waals surface area contributed by atoms with Crippen LogP contribution < -0.4 is 10.2 Å². The Balaban J connectivity index is 0.00000484. The van der Waals surface area contributed by atoms with E-state index in [0.29, 0.717) is 13.1 Å². The SMILES string of the molecule is CCN(CC[N+](CC)(CC)c1ccc(N)c(C)c1)S(C)(=O)=O.Cl. The monoisotopic (exact) mass is 364 g/mol. The third-order valence-corrected chi connectivity index (χ3v) is 5.99. The second-order valence-electron chi connectivity index (χ2n) is 5.80. The van der Waals surface area contributed by atoms with E-state index in [0.717, 1.165) is 35.4 Å². The summed E-state index contributed by atoms with van der Waals surface area (Å²) in [6, 6.07) is 6.13. The quantitative estimate of drug-likeness (QED) is 0.569. The Hall–Kier alpha value is -0.820. The lowest BCUT2D eigenvalue weighted by Gasteiger charge is -2.38. The van der Waals surface area contributed by atoms with Crippen LogP contribution in [-0.4, -0.2) is 51.7 Å². The summed E-state index contributed by atoms with van der Waals surface area (Å²) >= 11 is 0. The molecule has 1 rings (SSSR count). The maximum Gasteiger partial charge on any atom is 0.211 e. The standard InChI is InChI=1S/C16H30N3O2S.ClH/c1-6-18(22(5,20)21)11-12-19(7-2,8-3)15-9-10-16(17)14(4)13-15;/h9-10,13H,6-8,11-12,17H2,1-5H3;1H/q+1;. The van der Waals surface area contributed by atoms with Gasteiger partial charge in [0.15, 0.2) is 0 Å². The number of benzene rings is 1. The number of nitrogens with two attached hydrogens (primary N) is 1. The highest BCUT2D eigenvalue weighted by Gasteiger charge is 2.29. The number of hydrogen-bond acceptors (Lipinski definition) is 3. The maximum absolute atomic E-state index is 11.8. The highest BCUT2D eigenvalue weighted by molar-refractivity contribution is 7.88. The molecule has 0 bridgehead atoms. The predicted molar refractivity (Wildman–Crippen MR) is 103 cm³/mol. The van der Waals surface area contributed by atoms with Crippen LogP contribution >= 0.6 is 12.4 Å². The van der Waals surface area contributed by atoms with Crippen molar-refractivity contribution < 1.29 is 8.42 Å². The number of nitrogen functional groups attached to an aromatic ring is 1. The van der Waals surface area contributed by atoms with Crippen molar-refractivity contribution in [3.63, 3.8) is 0 Å². The summed E-state index contributed by atoms with van der Waals surface area (Å²) in [6.07, 6.45) is 1.27. The summed E-state index contributed by atoms with van der Waals surface area (Å²) in [6.45, 7) is 11.8. The molecule has 134 valence electrons. The van der Waals surface area contributed by atoms with Crippen molar-refractivity contribution in [3.8, 4) is 0 Å². The van der Waals surface area contributed by atoms with Crippen LogP contribution in [-0.2, 0) is 10.0 Å². The normalized spacial score (nSPS) is 12.3. The van der Waals surface area contributed by atoms with Gasteiger partial charge in [0.05, 0.1) is 32.4 Å². The molecule has 0 saturated carbocycles. The Labute approximate surface area is 147 Å². The van der Waals surface area contributed by atoms with Crippen molar-refractivity contribution in [2.24, 2.45) is 0 Å². The number of likely N-dealkylation sites (N-methyl/N-ethyl adjacent to an activating group) is 2. The minimum absolute atomic E-state index is 0. The van der Waals surface area contributed by atoms with Gasteiger partial charge in [-0.2, -0.15) is 4.31 Å². The molecule has 0 atom stereocenters. The first kappa shape index (κ1) is 22.2. The Morgan fingerprint density at radius 1 is 1.17 bits per heavy atom. The Bertz CT molecular complexity index is 601. The van der Waals surface area contributed by atoms with Gasteiger partial charge in [0.25, 0.3) is 0 Å². The van der Waals surface area contributed by atoms with E-state index in [9.17, 15) is 8.42 Å². The highest BCUT2D eigenvalue weighted by Crippen LogP contribution is 2.27. The fraction of sp³-hybridized carbons (Fsp3) is 0.625. The molecule has 0 fully saturated rings. The summed E-state index contributed by atoms with van der Waals surface area (Å²) in [5, 5.41) is 0. The lowest BCUT2D eigenvalue weighted by molar-refractivity contribution is 0.272. The van der Waals surface area contributed by atoms with Crippen molar-refractivity contribution >= 4 is 33.8 Å². The Morgan fingerprint density at radius 2 is 1.74 bits per heavy atom. The zero-order chi connectivity index (χ0) is 17.0. The minimum atomic E-state index is -3.15. The third-order valence-electron chi connectivity index (χ3n) is 4.61. The van der Waals surface area contributed by atoms with Gasteiger partial charge >= 0.3 is 0 Å². The Morgan fingerprint density at radius 3 is 2.13 bits per heavy atom. The molecule has 0 heterocycles. The van der Waals surface area contributed by atoms with Gasteiger partial charge in [-0.1, -0.05) is 6.92 Å². The number of rotatable bonds is 8. The van der Waals surface area contributed by atoms with Crippen LogP contribution in [0, 0.1) is 6.92 Å². The van der Waals surface area contributed by atoms with E-state index < -0.39 is 10.0 Å². The topological polar surface area (TPSA) is 63.4 Å². The minimum Gasteiger partial charge on any atom is -0.399 e. The van der Waals surface area contributed by atoms with Gasteiger partial charge in [-0.15, -0.1) is 12.4 Å². The molecule has 0 spiro atoms. The van der Waals surface area contributed by atoms with Gasteiger partial charge in [-0.25, -0.2) is 8.42 Å². The second-order valence-corrected chi connectivity index (χ2v) is 7.78. The highest BCUT2D eigenvalue weighted by atomic mass is 35.5. The molecule has 1 aromatic rings. The van der Waals surface area contributed by atoms with E-state index in [-0.39, 0.29) is 12.4 Å². The molecule has 23 heavy (non-hydrogen) atoms. The average molecular weight is 365 g/mol. The van der Waals surface area contributed by atoms with E-state index in [1.807, 2.05) is 19.9 Å². The van der Waals surface area contributed by atoms with E-state index in [2.05, 4.69) is 26.0 Å². The number of sulfonamides is 1. The summed E-state index contributed by atoms with van der Waals surface area (Å²) in [5.74, 6) is 0. The van der Waals surface area contributed by atoms with E-state index in [1.165, 1.54) is 16.2 Å². The zero-order valence-electron chi connectivity index (χ0n) is 14.9. The lowest BCUT2D eigenvalue weighted by Crippen LogP contribution is -2.53. The average Bonchev–Trinajstić information content (AvgIpc) is 2.46. The predicted octanol–water partition coefficient (Wildman–Crippen LogP) is 2.63. The van der Waals surface area contributed by atoms with E-state index in [1.54, 1.807) is 0 Å². The first-order valence-electron chi connectivity index (χ1n) is 7.88. The van der Waals surface area contributed by atoms with Crippen molar-refractivity contribution in [3.05, 3.63) is 23.8 Å². The lowest BCUT2D eigenvalue weighted by atomic mass is 10.1. The van der Waals surface area contributed by atoms with Gasteiger partial charge in [0.1, 0.15) is 5.69 Å². The molecule has 7 heteroatoms. The van der Waals surface area contributed by atoms with Crippen LogP contribution in [0.1, 0.15) is 26.3 Å². The molecular formula is C16H31ClN3O2S+. The van der Waals surface area contributed by atoms with Crippen LogP contribution in [0.25, 0.3) is 0 Å². The van der Waals surface area contributed by atoms with Gasteiger partial charge < -0.3 is 5.73 Å². The van der Waals surface area contributed by atoms with E-state index in [4.69, 9.17) is 5.73 Å². The van der Waals surface area contributed by atoms with Gasteiger partial charge in [-0.3, -0.25) is 4.48 Å². The molecule has 0 amide bonds. The smallest absolute Gasteiger partial charge is 0.211 e. The van der Waals surface area contributed by atoms with Crippen molar-refractivity contribution in [2.75, 3.05) is 44.7 Å².